The molecule has 128 valence electrons. The summed E-state index contributed by atoms with van der Waals surface area (Å²) < 4.78 is 11.0. The number of nitrogens with one attached hydrogen (secondary N) is 1. The lowest BCUT2D eigenvalue weighted by Crippen LogP contribution is -2.32. The van der Waals surface area contributed by atoms with E-state index in [-0.39, 0.29) is 5.91 Å². The van der Waals surface area contributed by atoms with Gasteiger partial charge in [0.05, 0.1) is 13.7 Å². The van der Waals surface area contributed by atoms with Gasteiger partial charge in [-0.15, -0.1) is 0 Å². The van der Waals surface area contributed by atoms with E-state index in [1.54, 1.807) is 12.0 Å². The van der Waals surface area contributed by atoms with Crippen molar-refractivity contribution in [2.75, 3.05) is 40.4 Å². The Kier molecular flexibility index (Phi) is 7.20. The minimum atomic E-state index is 0.201. The molecule has 0 atom stereocenters. The summed E-state index contributed by atoms with van der Waals surface area (Å²) in [5.41, 5.74) is 0. The predicted molar refractivity (Wildman–Crippen MR) is 91.0 cm³/mol. The third kappa shape index (κ3) is 5.75. The van der Waals surface area contributed by atoms with Crippen LogP contribution in [-0.2, 0) is 4.79 Å². The fraction of sp³-hybridized carbons (Fsp3) is 0.611. The van der Waals surface area contributed by atoms with Crippen LogP contribution in [0.15, 0.2) is 24.3 Å². The second-order valence-corrected chi connectivity index (χ2v) is 6.05. The molecule has 1 fully saturated rings. The lowest BCUT2D eigenvalue weighted by Gasteiger charge is -2.23. The highest BCUT2D eigenvalue weighted by atomic mass is 16.5. The first-order valence-corrected chi connectivity index (χ1v) is 8.41. The molecule has 0 aliphatic carbocycles. The monoisotopic (exact) mass is 320 g/mol. The molecule has 0 aromatic heterocycles. The average molecular weight is 320 g/mol. The lowest BCUT2D eigenvalue weighted by atomic mass is 9.93. The van der Waals surface area contributed by atoms with Gasteiger partial charge in [0.25, 0.3) is 0 Å². The fourth-order valence-corrected chi connectivity index (χ4v) is 2.84. The Morgan fingerprint density at radius 3 is 2.65 bits per heavy atom. The van der Waals surface area contributed by atoms with E-state index < -0.39 is 0 Å². The maximum atomic E-state index is 12.2. The van der Waals surface area contributed by atoms with Gasteiger partial charge in [0.2, 0.25) is 5.91 Å². The van der Waals surface area contributed by atoms with Crippen molar-refractivity contribution in [2.45, 2.75) is 25.7 Å². The number of nitrogens with zero attached hydrogens (tertiary/aromatic N) is 1. The molecule has 0 bridgehead atoms. The Morgan fingerprint density at radius 1 is 1.26 bits per heavy atom. The standard InChI is InChI=1S/C18H28N2O3/c1-20(18(21)8-7-15-9-11-19-12-10-15)13-14-23-17-6-4-3-5-16(17)22-2/h3-6,15,19H,7-14H2,1-2H3. The number of ether oxygens (including phenoxy) is 2. The number of amides is 1. The third-order valence-electron chi connectivity index (χ3n) is 4.40. The van der Waals surface area contributed by atoms with E-state index in [2.05, 4.69) is 5.32 Å². The molecule has 1 aliphatic rings. The van der Waals surface area contributed by atoms with Crippen molar-refractivity contribution >= 4 is 5.91 Å². The van der Waals surface area contributed by atoms with E-state index in [4.69, 9.17) is 9.47 Å². The van der Waals surface area contributed by atoms with E-state index in [9.17, 15) is 4.79 Å². The van der Waals surface area contributed by atoms with Crippen LogP contribution in [0.25, 0.3) is 0 Å². The summed E-state index contributed by atoms with van der Waals surface area (Å²) in [6, 6.07) is 7.55. The van der Waals surface area contributed by atoms with Crippen molar-refractivity contribution in [3.63, 3.8) is 0 Å². The molecule has 1 aliphatic heterocycles. The van der Waals surface area contributed by atoms with Crippen LogP contribution in [0.2, 0.25) is 0 Å². The van der Waals surface area contributed by atoms with Gasteiger partial charge in [-0.25, -0.2) is 0 Å². The molecule has 2 rings (SSSR count). The molecular formula is C18H28N2O3. The summed E-state index contributed by atoms with van der Waals surface area (Å²) in [5.74, 6) is 2.32. The molecule has 0 unspecified atom stereocenters. The van der Waals surface area contributed by atoms with Gasteiger partial charge < -0.3 is 19.7 Å². The van der Waals surface area contributed by atoms with E-state index in [0.29, 0.717) is 37.0 Å². The van der Waals surface area contributed by atoms with Crippen LogP contribution in [0.1, 0.15) is 25.7 Å². The molecule has 1 heterocycles. The Bertz CT molecular complexity index is 487. The number of hydrogen-bond donors (Lipinski definition) is 1. The van der Waals surface area contributed by atoms with Crippen LogP contribution in [0, 0.1) is 5.92 Å². The van der Waals surface area contributed by atoms with Crippen LogP contribution >= 0.6 is 0 Å². The zero-order valence-corrected chi connectivity index (χ0v) is 14.2. The fourth-order valence-electron chi connectivity index (χ4n) is 2.84. The van der Waals surface area contributed by atoms with Gasteiger partial charge in [-0.3, -0.25) is 4.79 Å². The van der Waals surface area contributed by atoms with Gasteiger partial charge in [0.1, 0.15) is 6.61 Å². The van der Waals surface area contributed by atoms with Crippen LogP contribution in [-0.4, -0.2) is 51.2 Å². The first-order valence-electron chi connectivity index (χ1n) is 8.41. The van der Waals surface area contributed by atoms with Gasteiger partial charge in [-0.1, -0.05) is 12.1 Å². The second kappa shape index (κ2) is 9.40. The topological polar surface area (TPSA) is 50.8 Å². The normalized spacial score (nSPS) is 15.2. The predicted octanol–water partition coefficient (Wildman–Crippen LogP) is 2.31. The number of benzene rings is 1. The summed E-state index contributed by atoms with van der Waals surface area (Å²) in [6.07, 6.45) is 4.01. The molecule has 0 radical (unpaired) electrons. The molecule has 5 heteroatoms. The molecule has 1 saturated heterocycles. The van der Waals surface area contributed by atoms with Crippen molar-refractivity contribution in [1.82, 2.24) is 10.2 Å². The quantitative estimate of drug-likeness (QED) is 0.798. The summed E-state index contributed by atoms with van der Waals surface area (Å²) >= 11 is 0. The highest BCUT2D eigenvalue weighted by Gasteiger charge is 2.16. The molecule has 1 amide bonds. The van der Waals surface area contributed by atoms with Gasteiger partial charge in [0, 0.05) is 13.5 Å². The van der Waals surface area contributed by atoms with Crippen molar-refractivity contribution in [1.29, 1.82) is 0 Å². The lowest BCUT2D eigenvalue weighted by molar-refractivity contribution is -0.130. The number of carbonyl (C=O) groups excluding carboxylic acids is 1. The minimum Gasteiger partial charge on any atom is -0.493 e. The largest absolute Gasteiger partial charge is 0.493 e. The number of carbonyl (C=O) groups is 1. The molecule has 1 N–H and O–H groups in total. The number of likely N-dealkylation sites (N-methyl/N-ethyl adjacent to an activating group) is 1. The Morgan fingerprint density at radius 2 is 1.96 bits per heavy atom. The number of rotatable bonds is 8. The highest BCUT2D eigenvalue weighted by Crippen LogP contribution is 2.25. The average Bonchev–Trinajstić information content (AvgIpc) is 2.60. The SMILES string of the molecule is COc1ccccc1OCCN(C)C(=O)CCC1CCNCC1. The molecule has 0 spiro atoms. The molecule has 1 aromatic carbocycles. The van der Waals surface area contributed by atoms with Crippen LogP contribution in [0.5, 0.6) is 11.5 Å². The number of hydrogen-bond acceptors (Lipinski definition) is 4. The first-order chi connectivity index (χ1) is 11.2. The summed E-state index contributed by atoms with van der Waals surface area (Å²) in [6.45, 7) is 3.22. The minimum absolute atomic E-state index is 0.201. The Balaban J connectivity index is 1.67. The van der Waals surface area contributed by atoms with Crippen LogP contribution < -0.4 is 14.8 Å². The van der Waals surface area contributed by atoms with Crippen molar-refractivity contribution in [3.05, 3.63) is 24.3 Å². The van der Waals surface area contributed by atoms with E-state index in [1.807, 2.05) is 31.3 Å². The zero-order valence-electron chi connectivity index (χ0n) is 14.2. The molecule has 0 saturated carbocycles. The smallest absolute Gasteiger partial charge is 0.222 e. The summed E-state index contributed by atoms with van der Waals surface area (Å²) in [5, 5.41) is 3.36. The highest BCUT2D eigenvalue weighted by molar-refractivity contribution is 5.75. The van der Waals surface area contributed by atoms with Gasteiger partial charge >= 0.3 is 0 Å². The van der Waals surface area contributed by atoms with Crippen LogP contribution in [0.3, 0.4) is 0 Å². The third-order valence-corrected chi connectivity index (χ3v) is 4.40. The molecule has 5 nitrogen and oxygen atoms in total. The summed E-state index contributed by atoms with van der Waals surface area (Å²) in [4.78, 5) is 13.9. The van der Waals surface area contributed by atoms with Gasteiger partial charge in [-0.05, 0) is 50.4 Å². The number of para-hydroxylation sites is 2. The Labute approximate surface area is 139 Å². The molecule has 1 aromatic rings. The molecular weight excluding hydrogens is 292 g/mol. The van der Waals surface area contributed by atoms with Crippen molar-refractivity contribution < 1.29 is 14.3 Å². The van der Waals surface area contributed by atoms with Crippen molar-refractivity contribution in [3.8, 4) is 11.5 Å². The summed E-state index contributed by atoms with van der Waals surface area (Å²) in [7, 11) is 3.47. The van der Waals surface area contributed by atoms with E-state index in [1.165, 1.54) is 12.8 Å². The maximum Gasteiger partial charge on any atom is 0.222 e. The molecule has 23 heavy (non-hydrogen) atoms. The first kappa shape index (κ1) is 17.6. The van der Waals surface area contributed by atoms with E-state index >= 15 is 0 Å². The van der Waals surface area contributed by atoms with Gasteiger partial charge in [0.15, 0.2) is 11.5 Å². The van der Waals surface area contributed by atoms with Gasteiger partial charge in [-0.2, -0.15) is 0 Å². The maximum absolute atomic E-state index is 12.2. The van der Waals surface area contributed by atoms with Crippen LogP contribution in [0.4, 0.5) is 0 Å². The zero-order chi connectivity index (χ0) is 16.5. The van der Waals surface area contributed by atoms with Crippen molar-refractivity contribution in [2.24, 2.45) is 5.92 Å². The number of piperidine rings is 1. The Hall–Kier alpha value is -1.75. The second-order valence-electron chi connectivity index (χ2n) is 6.05. The number of methoxy groups -OCH3 is 1. The van der Waals surface area contributed by atoms with E-state index in [0.717, 1.165) is 19.5 Å².